The van der Waals surface area contributed by atoms with Gasteiger partial charge in [-0.3, -0.25) is 0 Å². The largest absolute Gasteiger partial charge is 0.347 e. The van der Waals surface area contributed by atoms with Crippen LogP contribution in [0.1, 0.15) is 19.8 Å². The van der Waals surface area contributed by atoms with Crippen molar-refractivity contribution in [3.05, 3.63) is 12.4 Å². The van der Waals surface area contributed by atoms with Crippen molar-refractivity contribution in [2.45, 2.75) is 25.4 Å². The van der Waals surface area contributed by atoms with E-state index >= 15 is 0 Å². The van der Waals surface area contributed by atoms with Gasteiger partial charge in [0.1, 0.15) is 0 Å². The zero-order valence-electron chi connectivity index (χ0n) is 7.48. The number of hydrogen-bond acceptors (Lipinski definition) is 2. The fourth-order valence-corrected chi connectivity index (χ4v) is 1.32. The molecule has 0 saturated carbocycles. The molecule has 1 rings (SSSR count). The van der Waals surface area contributed by atoms with E-state index in [4.69, 9.17) is 11.6 Å². The van der Waals surface area contributed by atoms with E-state index in [1.54, 1.807) is 0 Å². The summed E-state index contributed by atoms with van der Waals surface area (Å²) in [5.41, 5.74) is 0.0292. The number of hydrogen-bond donors (Lipinski definition) is 0. The SMILES string of the molecule is CCCCN1C=CN(C)C1Cl.[Fe]. The summed E-state index contributed by atoms with van der Waals surface area (Å²) in [6.45, 7) is 3.25. The number of rotatable bonds is 3. The molecule has 2 nitrogen and oxygen atoms in total. The normalized spacial score (nSPS) is 21.4. The molecule has 1 unspecified atom stereocenters. The molecule has 0 amide bonds. The summed E-state index contributed by atoms with van der Waals surface area (Å²) in [6, 6.07) is 0. The fourth-order valence-electron chi connectivity index (χ4n) is 1.09. The second-order valence-corrected chi connectivity index (χ2v) is 3.26. The number of alkyl halides is 1. The molecule has 1 atom stereocenters. The van der Waals surface area contributed by atoms with Gasteiger partial charge in [0.25, 0.3) is 0 Å². The Balaban J connectivity index is 0.00000121. The van der Waals surface area contributed by atoms with Crippen molar-refractivity contribution in [3.63, 3.8) is 0 Å². The number of nitrogens with zero attached hydrogens (tertiary/aromatic N) is 2. The van der Waals surface area contributed by atoms with Crippen LogP contribution in [0.3, 0.4) is 0 Å². The molecule has 72 valence electrons. The van der Waals surface area contributed by atoms with Crippen LogP contribution in [0, 0.1) is 0 Å². The maximum Gasteiger partial charge on any atom is 0.179 e. The Bertz CT molecular complexity index is 152. The topological polar surface area (TPSA) is 6.48 Å². The Morgan fingerprint density at radius 1 is 1.42 bits per heavy atom. The van der Waals surface area contributed by atoms with Crippen molar-refractivity contribution in [1.29, 1.82) is 0 Å². The van der Waals surface area contributed by atoms with Crippen molar-refractivity contribution in [3.8, 4) is 0 Å². The first-order valence-corrected chi connectivity index (χ1v) is 4.49. The molecule has 4 heteroatoms. The molecule has 0 N–H and O–H groups in total. The first-order chi connectivity index (χ1) is 5.25. The minimum atomic E-state index is 0. The molecule has 0 saturated heterocycles. The van der Waals surface area contributed by atoms with Crippen LogP contribution in [0.15, 0.2) is 12.4 Å². The standard InChI is InChI=1S/C8H15ClN2.Fe/c1-3-4-5-11-7-6-10(2)8(11)9;/h6-8H,3-5H2,1-2H3;. The Hall–Kier alpha value is 0.149. The van der Waals surface area contributed by atoms with Gasteiger partial charge in [-0.25, -0.2) is 0 Å². The molecule has 0 aliphatic carbocycles. The molecule has 0 spiro atoms. The number of unbranched alkanes of at least 4 members (excludes halogenated alkanes) is 1. The van der Waals surface area contributed by atoms with E-state index < -0.39 is 0 Å². The van der Waals surface area contributed by atoms with Crippen molar-refractivity contribution < 1.29 is 17.1 Å². The van der Waals surface area contributed by atoms with Gasteiger partial charge in [-0.05, 0) is 6.42 Å². The summed E-state index contributed by atoms with van der Waals surface area (Å²) < 4.78 is 0. The smallest absolute Gasteiger partial charge is 0.179 e. The van der Waals surface area contributed by atoms with Gasteiger partial charge < -0.3 is 9.80 Å². The van der Waals surface area contributed by atoms with Crippen LogP contribution in [0.25, 0.3) is 0 Å². The minimum Gasteiger partial charge on any atom is -0.347 e. The van der Waals surface area contributed by atoms with Gasteiger partial charge in [0.2, 0.25) is 0 Å². The summed E-state index contributed by atoms with van der Waals surface area (Å²) in [7, 11) is 1.99. The second-order valence-electron chi connectivity index (χ2n) is 2.87. The van der Waals surface area contributed by atoms with E-state index in [0.717, 1.165) is 6.54 Å². The molecule has 1 aliphatic rings. The maximum atomic E-state index is 6.05. The molecule has 12 heavy (non-hydrogen) atoms. The maximum absolute atomic E-state index is 6.05. The van der Waals surface area contributed by atoms with Crippen molar-refractivity contribution in [2.24, 2.45) is 0 Å². The molecule has 1 aliphatic heterocycles. The molecule has 1 heterocycles. The predicted octanol–water partition coefficient (Wildman–Crippen LogP) is 2.03. The molecule has 0 fully saturated rings. The Labute approximate surface area is 90.0 Å². The van der Waals surface area contributed by atoms with Gasteiger partial charge >= 0.3 is 0 Å². The van der Waals surface area contributed by atoms with Gasteiger partial charge in [-0.2, -0.15) is 0 Å². The Kier molecular flexibility index (Phi) is 5.81. The van der Waals surface area contributed by atoms with E-state index in [9.17, 15) is 0 Å². The Morgan fingerprint density at radius 3 is 2.50 bits per heavy atom. The van der Waals surface area contributed by atoms with Crippen LogP contribution in [0.5, 0.6) is 0 Å². The van der Waals surface area contributed by atoms with Gasteiger partial charge in [0.05, 0.1) is 0 Å². The quantitative estimate of drug-likeness (QED) is 0.416. The first-order valence-electron chi connectivity index (χ1n) is 4.05. The van der Waals surface area contributed by atoms with E-state index in [1.807, 2.05) is 24.3 Å². The molecular weight excluding hydrogens is 215 g/mol. The zero-order chi connectivity index (χ0) is 8.27. The monoisotopic (exact) mass is 230 g/mol. The van der Waals surface area contributed by atoms with Gasteiger partial charge in [0, 0.05) is 43.1 Å². The molecule has 0 aromatic carbocycles. The summed E-state index contributed by atoms with van der Waals surface area (Å²) in [6.07, 6.45) is 6.49. The van der Waals surface area contributed by atoms with Crippen molar-refractivity contribution in [1.82, 2.24) is 9.80 Å². The summed E-state index contributed by atoms with van der Waals surface area (Å²) in [4.78, 5) is 4.14. The van der Waals surface area contributed by atoms with Crippen LogP contribution in [-0.2, 0) is 17.1 Å². The average Bonchev–Trinajstić information content (AvgIpc) is 2.31. The third-order valence-corrected chi connectivity index (χ3v) is 2.43. The van der Waals surface area contributed by atoms with Crippen LogP contribution in [0.2, 0.25) is 0 Å². The average molecular weight is 231 g/mol. The molecule has 0 aromatic rings. The summed E-state index contributed by atoms with van der Waals surface area (Å²) in [5, 5.41) is 0. The summed E-state index contributed by atoms with van der Waals surface area (Å²) >= 11 is 6.05. The van der Waals surface area contributed by atoms with Crippen LogP contribution in [-0.4, -0.2) is 29.0 Å². The Morgan fingerprint density at radius 2 is 2.08 bits per heavy atom. The van der Waals surface area contributed by atoms with E-state index in [0.29, 0.717) is 0 Å². The van der Waals surface area contributed by atoms with Gasteiger partial charge in [-0.15, -0.1) is 0 Å². The van der Waals surface area contributed by atoms with Gasteiger partial charge in [0.15, 0.2) is 5.62 Å². The van der Waals surface area contributed by atoms with E-state index in [-0.39, 0.29) is 22.7 Å². The zero-order valence-corrected chi connectivity index (χ0v) is 9.34. The molecular formula is C8H15ClFeN2. The second kappa shape index (κ2) is 5.74. The number of halogens is 1. The van der Waals surface area contributed by atoms with E-state index in [1.165, 1.54) is 12.8 Å². The molecule has 0 radical (unpaired) electrons. The fraction of sp³-hybridized carbons (Fsp3) is 0.750. The minimum absolute atomic E-state index is 0. The van der Waals surface area contributed by atoms with Crippen molar-refractivity contribution in [2.75, 3.05) is 13.6 Å². The molecule has 0 bridgehead atoms. The molecule has 0 aromatic heterocycles. The predicted molar refractivity (Wildman–Crippen MR) is 48.2 cm³/mol. The van der Waals surface area contributed by atoms with Crippen LogP contribution < -0.4 is 0 Å². The van der Waals surface area contributed by atoms with Gasteiger partial charge in [-0.1, -0.05) is 24.9 Å². The first kappa shape index (κ1) is 12.1. The van der Waals surface area contributed by atoms with E-state index in [2.05, 4.69) is 11.8 Å². The summed E-state index contributed by atoms with van der Waals surface area (Å²) in [5.74, 6) is 0. The van der Waals surface area contributed by atoms with Crippen LogP contribution in [0.4, 0.5) is 0 Å². The third kappa shape index (κ3) is 2.89. The van der Waals surface area contributed by atoms with Crippen LogP contribution >= 0.6 is 11.6 Å². The third-order valence-electron chi connectivity index (χ3n) is 1.87. The van der Waals surface area contributed by atoms with Crippen molar-refractivity contribution >= 4 is 11.6 Å².